The van der Waals surface area contributed by atoms with Gasteiger partial charge in [-0.3, -0.25) is 0 Å². The minimum absolute atomic E-state index is 0.204. The second kappa shape index (κ2) is 13.9. The summed E-state index contributed by atoms with van der Waals surface area (Å²) in [5.74, 6) is 0. The first-order valence-electron chi connectivity index (χ1n) is 27.3. The molecule has 76 heavy (non-hydrogen) atoms. The molecule has 4 aliphatic rings. The average molecular weight is 975 g/mol. The largest absolute Gasteiger partial charge is 0.455 e. The minimum Gasteiger partial charge on any atom is -0.455 e. The summed E-state index contributed by atoms with van der Waals surface area (Å²) < 4.78 is 14.1. The van der Waals surface area contributed by atoms with Crippen molar-refractivity contribution in [3.8, 4) is 66.8 Å². The fourth-order valence-corrected chi connectivity index (χ4v) is 16.1. The SMILES string of the molecule is CC1(C)c2cc(-c3c4ccccc4c(-c4ccc5c(c4)C(C)(C)c4c6c(c7oc8ccccc8c7c4-5)-c4ccccc4C6(C)C)c4ccccc34)ccc2-c2c1c1c(c3c2oc2ccccc23)-c2ccccc2C1(C)C. The number of benzene rings is 11. The smallest absolute Gasteiger partial charge is 0.144 e. The summed E-state index contributed by atoms with van der Waals surface area (Å²) in [7, 11) is 0. The Balaban J connectivity index is 0.884. The molecular formula is C74H54O2. The van der Waals surface area contributed by atoms with Crippen molar-refractivity contribution in [3.05, 3.63) is 226 Å². The maximum absolute atomic E-state index is 7.07. The van der Waals surface area contributed by atoms with Gasteiger partial charge in [0.1, 0.15) is 22.3 Å². The molecule has 2 heteroatoms. The van der Waals surface area contributed by atoms with Gasteiger partial charge in [-0.25, -0.2) is 0 Å². The Labute approximate surface area is 442 Å². The highest BCUT2D eigenvalue weighted by molar-refractivity contribution is 6.25. The Hall–Kier alpha value is -8.46. The van der Waals surface area contributed by atoms with Crippen LogP contribution in [-0.4, -0.2) is 0 Å². The van der Waals surface area contributed by atoms with Gasteiger partial charge < -0.3 is 8.83 Å². The molecule has 0 saturated heterocycles. The lowest BCUT2D eigenvalue weighted by Gasteiger charge is -2.31. The van der Waals surface area contributed by atoms with Gasteiger partial charge in [-0.05, 0) is 146 Å². The number of hydrogen-bond acceptors (Lipinski definition) is 2. The summed E-state index contributed by atoms with van der Waals surface area (Å²) in [5, 5.41) is 9.87. The number of rotatable bonds is 2. The highest BCUT2D eigenvalue weighted by atomic mass is 16.3. The molecule has 13 aromatic rings. The van der Waals surface area contributed by atoms with Crippen LogP contribution < -0.4 is 0 Å². The molecule has 0 saturated carbocycles. The van der Waals surface area contributed by atoms with Crippen LogP contribution in [0, 0.1) is 0 Å². The predicted octanol–water partition coefficient (Wildman–Crippen LogP) is 20.4. The van der Waals surface area contributed by atoms with E-state index in [1.807, 2.05) is 0 Å². The van der Waals surface area contributed by atoms with E-state index in [9.17, 15) is 0 Å². The average Bonchev–Trinajstić information content (AvgIpc) is 4.23. The van der Waals surface area contributed by atoms with E-state index < -0.39 is 0 Å². The lowest BCUT2D eigenvalue weighted by atomic mass is 9.71. The highest BCUT2D eigenvalue weighted by Crippen LogP contribution is 2.66. The lowest BCUT2D eigenvalue weighted by Crippen LogP contribution is -2.24. The van der Waals surface area contributed by atoms with Gasteiger partial charge in [0.25, 0.3) is 0 Å². The molecule has 0 fully saturated rings. The van der Waals surface area contributed by atoms with Crippen molar-refractivity contribution in [1.29, 1.82) is 0 Å². The summed E-state index contributed by atoms with van der Waals surface area (Å²) in [4.78, 5) is 0. The van der Waals surface area contributed by atoms with Crippen molar-refractivity contribution in [2.45, 2.75) is 77.0 Å². The van der Waals surface area contributed by atoms with E-state index in [1.54, 1.807) is 0 Å². The fraction of sp³-hybridized carbons (Fsp3) is 0.162. The summed E-state index contributed by atoms with van der Waals surface area (Å²) >= 11 is 0. The zero-order chi connectivity index (χ0) is 51.1. The zero-order valence-electron chi connectivity index (χ0n) is 44.1. The molecule has 0 aliphatic heterocycles. The van der Waals surface area contributed by atoms with E-state index in [-0.39, 0.29) is 21.7 Å². The molecule has 2 nitrogen and oxygen atoms in total. The normalized spacial score (nSPS) is 16.3. The Morgan fingerprint density at radius 2 is 0.566 bits per heavy atom. The molecule has 0 spiro atoms. The molecule has 17 rings (SSSR count). The second-order valence-electron chi connectivity index (χ2n) is 24.6. The molecule has 0 bridgehead atoms. The molecule has 11 aromatic carbocycles. The second-order valence-corrected chi connectivity index (χ2v) is 24.6. The standard InChI is InChI=1S/C74H54O2/c1-71(2)51-29-17-13-25-45(51)59-61-49-27-15-19-31-55(49)76-70(61)64-48-36-34-40(38-54(48)74(7,8)68(64)65(59)71)58-43-23-11-9-21-41(43)57(42-22-10-12-24-44(42)58)39-33-35-47-53(37-39)73(5,6)66-60(47)62-50-28-16-20-32-56(50)75-69(62)63-46-26-14-18-30-52(46)72(3,4)67(63)66/h9-38H,1-8H3. The zero-order valence-corrected chi connectivity index (χ0v) is 44.1. The van der Waals surface area contributed by atoms with Crippen molar-refractivity contribution >= 4 is 65.4 Å². The van der Waals surface area contributed by atoms with E-state index in [0.717, 1.165) is 22.3 Å². The van der Waals surface area contributed by atoms with Crippen LogP contribution in [0.15, 0.2) is 191 Å². The van der Waals surface area contributed by atoms with Gasteiger partial charge >= 0.3 is 0 Å². The maximum Gasteiger partial charge on any atom is 0.144 e. The summed E-state index contributed by atoms with van der Waals surface area (Å²) in [6.07, 6.45) is 0. The molecule has 2 heterocycles. The van der Waals surface area contributed by atoms with Crippen LogP contribution >= 0.6 is 0 Å². The summed E-state index contributed by atoms with van der Waals surface area (Å²) in [6.45, 7) is 19.5. The molecule has 0 radical (unpaired) electrons. The van der Waals surface area contributed by atoms with Crippen LogP contribution in [0.2, 0.25) is 0 Å². The Kier molecular flexibility index (Phi) is 7.82. The van der Waals surface area contributed by atoms with Gasteiger partial charge in [-0.2, -0.15) is 0 Å². The van der Waals surface area contributed by atoms with Crippen molar-refractivity contribution in [2.75, 3.05) is 0 Å². The highest BCUT2D eigenvalue weighted by Gasteiger charge is 2.50. The first kappa shape index (κ1) is 42.8. The predicted molar refractivity (Wildman–Crippen MR) is 317 cm³/mol. The molecule has 0 unspecified atom stereocenters. The van der Waals surface area contributed by atoms with Gasteiger partial charge in [-0.1, -0.05) is 213 Å². The van der Waals surface area contributed by atoms with Crippen LogP contribution in [0.4, 0.5) is 0 Å². The van der Waals surface area contributed by atoms with Crippen LogP contribution in [0.5, 0.6) is 0 Å². The minimum atomic E-state index is -0.315. The van der Waals surface area contributed by atoms with E-state index >= 15 is 0 Å². The number of hydrogen-bond donors (Lipinski definition) is 0. The summed E-state index contributed by atoms with van der Waals surface area (Å²) in [5.41, 5.74) is 29.4. The molecule has 2 aromatic heterocycles. The van der Waals surface area contributed by atoms with E-state index in [2.05, 4.69) is 237 Å². The van der Waals surface area contributed by atoms with Crippen LogP contribution in [0.1, 0.15) is 99.9 Å². The number of para-hydroxylation sites is 2. The van der Waals surface area contributed by atoms with E-state index in [4.69, 9.17) is 8.83 Å². The van der Waals surface area contributed by atoms with Gasteiger partial charge in [0.05, 0.1) is 0 Å². The van der Waals surface area contributed by atoms with Crippen molar-refractivity contribution < 1.29 is 8.83 Å². The third-order valence-electron chi connectivity index (χ3n) is 19.3. The van der Waals surface area contributed by atoms with Gasteiger partial charge in [0.2, 0.25) is 0 Å². The third-order valence-corrected chi connectivity index (χ3v) is 19.3. The first-order chi connectivity index (χ1) is 36.8. The van der Waals surface area contributed by atoms with Gasteiger partial charge in [0.15, 0.2) is 0 Å². The Bertz CT molecular complexity index is 4810. The van der Waals surface area contributed by atoms with Crippen LogP contribution in [-0.2, 0) is 21.7 Å². The lowest BCUT2D eigenvalue weighted by molar-refractivity contribution is 0.600. The molecular weight excluding hydrogens is 921 g/mol. The van der Waals surface area contributed by atoms with Gasteiger partial charge in [0, 0.05) is 54.3 Å². The maximum atomic E-state index is 7.07. The first-order valence-corrected chi connectivity index (χ1v) is 27.3. The van der Waals surface area contributed by atoms with Crippen LogP contribution in [0.25, 0.3) is 132 Å². The van der Waals surface area contributed by atoms with E-state index in [1.165, 1.54) is 154 Å². The van der Waals surface area contributed by atoms with Crippen molar-refractivity contribution in [2.24, 2.45) is 0 Å². The number of furan rings is 2. The molecule has 4 aliphatic carbocycles. The monoisotopic (exact) mass is 974 g/mol. The molecule has 0 N–H and O–H groups in total. The third kappa shape index (κ3) is 4.92. The fourth-order valence-electron chi connectivity index (χ4n) is 16.1. The van der Waals surface area contributed by atoms with Crippen molar-refractivity contribution in [3.63, 3.8) is 0 Å². The van der Waals surface area contributed by atoms with Crippen molar-refractivity contribution in [1.82, 2.24) is 0 Å². The Morgan fingerprint density at radius 1 is 0.263 bits per heavy atom. The van der Waals surface area contributed by atoms with Gasteiger partial charge in [-0.15, -0.1) is 0 Å². The Morgan fingerprint density at radius 3 is 0.987 bits per heavy atom. The summed E-state index contributed by atoms with van der Waals surface area (Å²) in [6, 6.07) is 68.5. The quantitative estimate of drug-likeness (QED) is 0.161. The molecule has 0 amide bonds. The topological polar surface area (TPSA) is 26.3 Å². The molecule has 0 atom stereocenters. The van der Waals surface area contributed by atoms with Crippen LogP contribution in [0.3, 0.4) is 0 Å². The molecule has 362 valence electrons. The van der Waals surface area contributed by atoms with E-state index in [0.29, 0.717) is 0 Å². The number of fused-ring (bicyclic) bond motifs is 26.